The molecule has 0 N–H and O–H groups in total. The first-order valence-electron chi connectivity index (χ1n) is 11.8. The van der Waals surface area contributed by atoms with Crippen LogP contribution in [0.15, 0.2) is 0 Å². The van der Waals surface area contributed by atoms with E-state index in [1.54, 1.807) is 0 Å². The van der Waals surface area contributed by atoms with Crippen LogP contribution in [0.5, 0.6) is 0 Å². The fourth-order valence-electron chi connectivity index (χ4n) is 2.82. The van der Waals surface area contributed by atoms with Crippen LogP contribution in [0.25, 0.3) is 0 Å². The minimum Gasteiger partial charge on any atom is -0.550 e. The molecule has 0 rings (SSSR count). The Morgan fingerprint density at radius 3 is 0.806 bits per heavy atom. The molecular formula is C24H45O6Zn-. The third kappa shape index (κ3) is 25.2. The molecule has 0 spiro atoms. The molecule has 0 heterocycles. The predicted molar refractivity (Wildman–Crippen MR) is 115 cm³/mol. The second-order valence-corrected chi connectivity index (χ2v) is 7.70. The molecule has 3 unspecified atom stereocenters. The maximum atomic E-state index is 10.3. The van der Waals surface area contributed by atoms with Gasteiger partial charge in [0.15, 0.2) is 0 Å². The minimum absolute atomic E-state index is 0. The maximum Gasteiger partial charge on any atom is 2.00 e. The van der Waals surface area contributed by atoms with Crippen molar-refractivity contribution < 1.29 is 49.2 Å². The fourth-order valence-corrected chi connectivity index (χ4v) is 2.82. The van der Waals surface area contributed by atoms with Crippen LogP contribution in [0, 0.1) is 17.8 Å². The first kappa shape index (κ1) is 37.4. The van der Waals surface area contributed by atoms with E-state index < -0.39 is 17.9 Å². The van der Waals surface area contributed by atoms with Crippen LogP contribution in [-0.2, 0) is 33.9 Å². The van der Waals surface area contributed by atoms with E-state index in [1.165, 1.54) is 0 Å². The van der Waals surface area contributed by atoms with Gasteiger partial charge in [0.25, 0.3) is 0 Å². The van der Waals surface area contributed by atoms with E-state index in [0.717, 1.165) is 57.8 Å². The Kier molecular flexibility index (Phi) is 32.6. The summed E-state index contributed by atoms with van der Waals surface area (Å²) < 4.78 is 0. The van der Waals surface area contributed by atoms with Crippen molar-refractivity contribution in [3.63, 3.8) is 0 Å². The topological polar surface area (TPSA) is 120 Å². The molecule has 0 saturated heterocycles. The standard InChI is InChI=1S/3C8H16O2.Zn/c3*1-3-5-6-7(4-2)8(9)10;/h3*7H,3-6H2,1-2H3,(H,9,10);/q;;;+2/p-3. The van der Waals surface area contributed by atoms with Crippen LogP contribution in [0.4, 0.5) is 0 Å². The number of rotatable bonds is 15. The molecule has 31 heavy (non-hydrogen) atoms. The Balaban J connectivity index is -0.000000174. The molecule has 0 radical (unpaired) electrons. The summed E-state index contributed by atoms with van der Waals surface area (Å²) in [5, 5.41) is 31.0. The second kappa shape index (κ2) is 27.1. The number of carboxylic acids is 3. The Morgan fingerprint density at radius 1 is 0.516 bits per heavy atom. The average Bonchev–Trinajstić information content (AvgIpc) is 2.70. The number of hydrogen-bond acceptors (Lipinski definition) is 6. The zero-order valence-electron chi connectivity index (χ0n) is 20.9. The van der Waals surface area contributed by atoms with E-state index in [9.17, 15) is 29.7 Å². The molecule has 0 aromatic heterocycles. The van der Waals surface area contributed by atoms with Gasteiger partial charge in [-0.05, 0) is 56.3 Å². The number of carboxylic acid groups (broad SMARTS) is 3. The van der Waals surface area contributed by atoms with E-state index in [1.807, 2.05) is 20.8 Å². The molecule has 180 valence electrons. The molecule has 6 nitrogen and oxygen atoms in total. The van der Waals surface area contributed by atoms with Crippen LogP contribution in [0.3, 0.4) is 0 Å². The van der Waals surface area contributed by atoms with Gasteiger partial charge < -0.3 is 29.7 Å². The van der Waals surface area contributed by atoms with Gasteiger partial charge in [0.2, 0.25) is 0 Å². The summed E-state index contributed by atoms with van der Waals surface area (Å²) in [5.41, 5.74) is 0. The van der Waals surface area contributed by atoms with E-state index in [0.29, 0.717) is 19.3 Å². The van der Waals surface area contributed by atoms with Crippen LogP contribution >= 0.6 is 0 Å². The van der Waals surface area contributed by atoms with Crippen LogP contribution < -0.4 is 15.3 Å². The summed E-state index contributed by atoms with van der Waals surface area (Å²) in [5.74, 6) is -3.34. The zero-order valence-corrected chi connectivity index (χ0v) is 23.8. The predicted octanol–water partition coefficient (Wildman–Crippen LogP) is 2.86. The molecule has 0 aliphatic carbocycles. The Bertz CT molecular complexity index is 366. The van der Waals surface area contributed by atoms with Gasteiger partial charge in [-0.3, -0.25) is 0 Å². The van der Waals surface area contributed by atoms with E-state index in [2.05, 4.69) is 20.8 Å². The van der Waals surface area contributed by atoms with Crippen molar-refractivity contribution in [3.8, 4) is 0 Å². The Morgan fingerprint density at radius 2 is 0.710 bits per heavy atom. The van der Waals surface area contributed by atoms with Gasteiger partial charge in [0.05, 0.1) is 0 Å². The smallest absolute Gasteiger partial charge is 0.550 e. The molecule has 0 amide bonds. The van der Waals surface area contributed by atoms with Crippen molar-refractivity contribution in [2.45, 2.75) is 119 Å². The quantitative estimate of drug-likeness (QED) is 0.323. The molecule has 0 saturated carbocycles. The summed E-state index contributed by atoms with van der Waals surface area (Å²) in [6.45, 7) is 11.8. The molecule has 0 aromatic carbocycles. The van der Waals surface area contributed by atoms with Crippen molar-refractivity contribution in [2.24, 2.45) is 17.8 Å². The SMILES string of the molecule is CCCCC(CC)C(=O)[O-].CCCCC(CC)C(=O)[O-].CCCCC(CC)C(=O)[O-].[Zn+2]. The van der Waals surface area contributed by atoms with Gasteiger partial charge in [0, 0.05) is 17.9 Å². The Labute approximate surface area is 203 Å². The van der Waals surface area contributed by atoms with E-state index in [4.69, 9.17) is 0 Å². The van der Waals surface area contributed by atoms with Gasteiger partial charge in [-0.15, -0.1) is 0 Å². The molecule has 0 aromatic rings. The Hall–Kier alpha value is -0.967. The summed E-state index contributed by atoms with van der Waals surface area (Å²) >= 11 is 0. The first-order valence-corrected chi connectivity index (χ1v) is 11.8. The van der Waals surface area contributed by atoms with E-state index >= 15 is 0 Å². The molecule has 0 bridgehead atoms. The second-order valence-electron chi connectivity index (χ2n) is 7.70. The molecule has 0 aliphatic heterocycles. The average molecular weight is 495 g/mol. The molecule has 3 atom stereocenters. The number of unbranched alkanes of at least 4 members (excludes halogenated alkanes) is 3. The number of carbonyl (C=O) groups excluding carboxylic acids is 3. The molecule has 0 fully saturated rings. The largest absolute Gasteiger partial charge is 2.00 e. The molecule has 0 aliphatic rings. The zero-order chi connectivity index (χ0) is 23.9. The van der Waals surface area contributed by atoms with Gasteiger partial charge in [-0.25, -0.2) is 0 Å². The fraction of sp³-hybridized carbons (Fsp3) is 0.875. The van der Waals surface area contributed by atoms with Crippen molar-refractivity contribution in [1.29, 1.82) is 0 Å². The number of aliphatic carboxylic acids is 3. The van der Waals surface area contributed by atoms with Gasteiger partial charge in [0.1, 0.15) is 0 Å². The van der Waals surface area contributed by atoms with Gasteiger partial charge in [-0.2, -0.15) is 0 Å². The third-order valence-corrected chi connectivity index (χ3v) is 5.20. The summed E-state index contributed by atoms with van der Waals surface area (Å²) in [6.07, 6.45) is 10.6. The number of hydrogen-bond donors (Lipinski definition) is 0. The normalized spacial score (nSPS) is 12.6. The third-order valence-electron chi connectivity index (χ3n) is 5.20. The molecular weight excluding hydrogens is 450 g/mol. The first-order chi connectivity index (χ1) is 14.2. The van der Waals surface area contributed by atoms with Crippen LogP contribution in [0.2, 0.25) is 0 Å². The van der Waals surface area contributed by atoms with Crippen molar-refractivity contribution in [3.05, 3.63) is 0 Å². The summed E-state index contributed by atoms with van der Waals surface area (Å²) in [4.78, 5) is 31.0. The van der Waals surface area contributed by atoms with Crippen LogP contribution in [0.1, 0.15) is 119 Å². The monoisotopic (exact) mass is 493 g/mol. The van der Waals surface area contributed by atoms with Crippen molar-refractivity contribution >= 4 is 17.9 Å². The maximum absolute atomic E-state index is 10.3. The van der Waals surface area contributed by atoms with Crippen molar-refractivity contribution in [1.82, 2.24) is 0 Å². The minimum atomic E-state index is -0.893. The summed E-state index contributed by atoms with van der Waals surface area (Å²) in [7, 11) is 0. The van der Waals surface area contributed by atoms with Gasteiger partial charge >= 0.3 is 19.5 Å². The van der Waals surface area contributed by atoms with Crippen molar-refractivity contribution in [2.75, 3.05) is 0 Å². The van der Waals surface area contributed by atoms with Gasteiger partial charge in [-0.1, -0.05) is 80.1 Å². The number of carbonyl (C=O) groups is 3. The van der Waals surface area contributed by atoms with Crippen LogP contribution in [-0.4, -0.2) is 17.9 Å². The summed E-state index contributed by atoms with van der Waals surface area (Å²) in [6, 6.07) is 0. The molecule has 7 heteroatoms. The van der Waals surface area contributed by atoms with E-state index in [-0.39, 0.29) is 37.2 Å².